The van der Waals surface area contributed by atoms with E-state index in [1.807, 2.05) is 11.4 Å². The summed E-state index contributed by atoms with van der Waals surface area (Å²) in [4.78, 5) is 9.21. The molecule has 0 radical (unpaired) electrons. The third-order valence-electron chi connectivity index (χ3n) is 2.24. The van der Waals surface area contributed by atoms with E-state index in [0.29, 0.717) is 5.75 Å². The van der Waals surface area contributed by atoms with Crippen LogP contribution in [0.15, 0.2) is 11.4 Å². The number of nitrogen functional groups attached to an aromatic ring is 1. The second-order valence-electron chi connectivity index (χ2n) is 3.63. The maximum atomic E-state index is 10.9. The smallest absolute Gasteiger partial charge is 0.223 e. The summed E-state index contributed by atoms with van der Waals surface area (Å²) in [6.45, 7) is 0.737. The number of nitrogens with zero attached hydrogens (tertiary/aromatic N) is 2. The summed E-state index contributed by atoms with van der Waals surface area (Å²) >= 11 is 1.54. The monoisotopic (exact) mass is 270 g/mol. The van der Waals surface area contributed by atoms with Crippen molar-refractivity contribution in [2.24, 2.45) is 0 Å². The van der Waals surface area contributed by atoms with E-state index in [4.69, 9.17) is 5.73 Å². The lowest BCUT2D eigenvalue weighted by Gasteiger charge is -2.06. The van der Waals surface area contributed by atoms with E-state index in [-0.39, 0.29) is 5.95 Å². The Morgan fingerprint density at radius 1 is 1.53 bits per heavy atom. The molecular formula is C10H14N4OS2. The number of hydrogen-bond acceptors (Lipinski definition) is 6. The molecule has 2 rings (SSSR count). The van der Waals surface area contributed by atoms with Gasteiger partial charge in [0, 0.05) is 29.4 Å². The molecule has 17 heavy (non-hydrogen) atoms. The van der Waals surface area contributed by atoms with Crippen molar-refractivity contribution in [1.29, 1.82) is 0 Å². The number of aromatic nitrogens is 2. The fraction of sp³-hybridized carbons (Fsp3) is 0.400. The summed E-state index contributed by atoms with van der Waals surface area (Å²) in [5.41, 5.74) is 5.63. The van der Waals surface area contributed by atoms with Crippen molar-refractivity contribution >= 4 is 44.1 Å². The fourth-order valence-electron chi connectivity index (χ4n) is 1.49. The van der Waals surface area contributed by atoms with E-state index in [2.05, 4.69) is 15.3 Å². The molecule has 0 saturated heterocycles. The molecule has 92 valence electrons. The lowest BCUT2D eigenvalue weighted by Crippen LogP contribution is -2.08. The van der Waals surface area contributed by atoms with E-state index in [0.717, 1.165) is 29.0 Å². The molecule has 0 fully saturated rings. The average molecular weight is 270 g/mol. The van der Waals surface area contributed by atoms with Crippen LogP contribution in [-0.4, -0.2) is 32.7 Å². The predicted molar refractivity (Wildman–Crippen MR) is 73.9 cm³/mol. The molecule has 0 saturated carbocycles. The molecular weight excluding hydrogens is 256 g/mol. The number of hydrogen-bond donors (Lipinski definition) is 2. The highest BCUT2D eigenvalue weighted by molar-refractivity contribution is 7.84. The summed E-state index contributed by atoms with van der Waals surface area (Å²) in [6.07, 6.45) is 2.55. The Morgan fingerprint density at radius 2 is 2.35 bits per heavy atom. The zero-order valence-corrected chi connectivity index (χ0v) is 11.1. The summed E-state index contributed by atoms with van der Waals surface area (Å²) in [6, 6.07) is 1.97. The second-order valence-corrected chi connectivity index (χ2v) is 6.08. The zero-order chi connectivity index (χ0) is 12.3. The predicted octanol–water partition coefficient (Wildman–Crippen LogP) is 1.45. The fourth-order valence-corrected chi connectivity index (χ4v) is 2.81. The van der Waals surface area contributed by atoms with Crippen LogP contribution >= 0.6 is 11.3 Å². The molecule has 0 aliphatic carbocycles. The molecule has 2 aromatic rings. The van der Waals surface area contributed by atoms with Crippen LogP contribution in [0.25, 0.3) is 10.2 Å². The Morgan fingerprint density at radius 3 is 3.12 bits per heavy atom. The van der Waals surface area contributed by atoms with Crippen molar-refractivity contribution in [3.63, 3.8) is 0 Å². The first kappa shape index (κ1) is 12.3. The SMILES string of the molecule is CS(=O)CCCNc1nc(N)nc2sccc12. The number of fused-ring (bicyclic) bond motifs is 1. The topological polar surface area (TPSA) is 80.9 Å². The van der Waals surface area contributed by atoms with Gasteiger partial charge in [-0.05, 0) is 17.9 Å². The van der Waals surface area contributed by atoms with E-state index >= 15 is 0 Å². The molecule has 2 aromatic heterocycles. The minimum absolute atomic E-state index is 0.279. The van der Waals surface area contributed by atoms with Gasteiger partial charge in [-0.2, -0.15) is 4.98 Å². The van der Waals surface area contributed by atoms with Gasteiger partial charge in [0.15, 0.2) is 0 Å². The first-order valence-electron chi connectivity index (χ1n) is 5.21. The summed E-state index contributed by atoms with van der Waals surface area (Å²) in [5.74, 6) is 1.73. The highest BCUT2D eigenvalue weighted by Crippen LogP contribution is 2.25. The van der Waals surface area contributed by atoms with Gasteiger partial charge in [0.05, 0.1) is 5.39 Å². The van der Waals surface area contributed by atoms with Crippen LogP contribution in [0.5, 0.6) is 0 Å². The molecule has 0 spiro atoms. The maximum Gasteiger partial charge on any atom is 0.223 e. The number of nitrogens with two attached hydrogens (primary N) is 1. The third-order valence-corrected chi connectivity index (χ3v) is 3.91. The van der Waals surface area contributed by atoms with Gasteiger partial charge in [-0.3, -0.25) is 4.21 Å². The van der Waals surface area contributed by atoms with Gasteiger partial charge in [0.1, 0.15) is 10.6 Å². The quantitative estimate of drug-likeness (QED) is 0.804. The molecule has 3 N–H and O–H groups in total. The molecule has 2 heterocycles. The van der Waals surface area contributed by atoms with Crippen LogP contribution in [-0.2, 0) is 10.8 Å². The van der Waals surface area contributed by atoms with E-state index in [1.54, 1.807) is 17.6 Å². The molecule has 5 nitrogen and oxygen atoms in total. The molecule has 1 atom stereocenters. The van der Waals surface area contributed by atoms with Gasteiger partial charge >= 0.3 is 0 Å². The van der Waals surface area contributed by atoms with Gasteiger partial charge in [0.25, 0.3) is 0 Å². The lowest BCUT2D eigenvalue weighted by atomic mass is 10.3. The third kappa shape index (κ3) is 3.13. The van der Waals surface area contributed by atoms with Crippen LogP contribution in [0.1, 0.15) is 6.42 Å². The lowest BCUT2D eigenvalue weighted by molar-refractivity contribution is 0.685. The summed E-state index contributed by atoms with van der Waals surface area (Å²) in [7, 11) is -0.743. The molecule has 1 unspecified atom stereocenters. The van der Waals surface area contributed by atoms with Crippen molar-refractivity contribution < 1.29 is 4.21 Å². The molecule has 0 aliphatic heterocycles. The first-order chi connectivity index (χ1) is 8.16. The Hall–Kier alpha value is -1.21. The van der Waals surface area contributed by atoms with Crippen LogP contribution in [0.4, 0.5) is 11.8 Å². The van der Waals surface area contributed by atoms with Gasteiger partial charge in [-0.1, -0.05) is 0 Å². The van der Waals surface area contributed by atoms with E-state index < -0.39 is 10.8 Å². The number of nitrogens with one attached hydrogen (secondary N) is 1. The number of anilines is 2. The van der Waals surface area contributed by atoms with Crippen LogP contribution < -0.4 is 11.1 Å². The normalized spacial score (nSPS) is 12.8. The van der Waals surface area contributed by atoms with Crippen LogP contribution in [0, 0.1) is 0 Å². The van der Waals surface area contributed by atoms with Gasteiger partial charge < -0.3 is 11.1 Å². The Labute approximate surface area is 106 Å². The zero-order valence-electron chi connectivity index (χ0n) is 9.47. The second kappa shape index (κ2) is 5.42. The van der Waals surface area contributed by atoms with Gasteiger partial charge in [-0.25, -0.2) is 4.98 Å². The molecule has 0 amide bonds. The largest absolute Gasteiger partial charge is 0.369 e. The summed E-state index contributed by atoms with van der Waals surface area (Å²) in [5, 5.41) is 6.16. The maximum absolute atomic E-state index is 10.9. The minimum Gasteiger partial charge on any atom is -0.369 e. The number of rotatable bonds is 5. The highest BCUT2D eigenvalue weighted by Gasteiger charge is 2.06. The van der Waals surface area contributed by atoms with Gasteiger partial charge in [-0.15, -0.1) is 11.3 Å². The molecule has 0 aromatic carbocycles. The minimum atomic E-state index is -0.743. The Kier molecular flexibility index (Phi) is 3.90. The van der Waals surface area contributed by atoms with Crippen LogP contribution in [0.3, 0.4) is 0 Å². The van der Waals surface area contributed by atoms with Crippen molar-refractivity contribution in [3.05, 3.63) is 11.4 Å². The number of thiophene rings is 1. The van der Waals surface area contributed by atoms with Crippen molar-refractivity contribution in [2.75, 3.05) is 29.6 Å². The molecule has 0 bridgehead atoms. The highest BCUT2D eigenvalue weighted by atomic mass is 32.2. The summed E-state index contributed by atoms with van der Waals surface area (Å²) < 4.78 is 10.9. The standard InChI is InChI=1S/C10H14N4OS2/c1-17(15)6-2-4-12-8-7-3-5-16-9(7)14-10(11)13-8/h3,5H,2,4,6H2,1H3,(H3,11,12,13,14). The van der Waals surface area contributed by atoms with E-state index in [9.17, 15) is 4.21 Å². The Bertz CT molecular complexity index is 540. The van der Waals surface area contributed by atoms with Gasteiger partial charge in [0.2, 0.25) is 5.95 Å². The Balaban J connectivity index is 2.07. The van der Waals surface area contributed by atoms with E-state index in [1.165, 1.54) is 0 Å². The van der Waals surface area contributed by atoms with Crippen LogP contribution in [0.2, 0.25) is 0 Å². The van der Waals surface area contributed by atoms with Crippen molar-refractivity contribution in [1.82, 2.24) is 9.97 Å². The van der Waals surface area contributed by atoms with Crippen molar-refractivity contribution in [2.45, 2.75) is 6.42 Å². The van der Waals surface area contributed by atoms with Crippen molar-refractivity contribution in [3.8, 4) is 0 Å². The average Bonchev–Trinajstić information content (AvgIpc) is 2.71. The first-order valence-corrected chi connectivity index (χ1v) is 7.82. The molecule has 0 aliphatic rings. The molecule has 7 heteroatoms.